The van der Waals surface area contributed by atoms with Gasteiger partial charge in [0.15, 0.2) is 6.10 Å². The van der Waals surface area contributed by atoms with Crippen LogP contribution in [-0.4, -0.2) is 80.4 Å². The van der Waals surface area contributed by atoms with E-state index in [1.165, 1.54) is 20.3 Å². The molecule has 1 aliphatic carbocycles. The maximum atomic E-state index is 14.1. The third-order valence-corrected chi connectivity index (χ3v) is 8.05. The van der Waals surface area contributed by atoms with Crippen LogP contribution in [0.4, 0.5) is 4.79 Å². The summed E-state index contributed by atoms with van der Waals surface area (Å²) in [5, 5.41) is 20.3. The summed E-state index contributed by atoms with van der Waals surface area (Å²) in [5.41, 5.74) is 6.63. The van der Waals surface area contributed by atoms with E-state index < -0.39 is 53.9 Å². The van der Waals surface area contributed by atoms with Crippen molar-refractivity contribution in [2.24, 2.45) is 17.6 Å². The summed E-state index contributed by atoms with van der Waals surface area (Å²) >= 11 is 0. The van der Waals surface area contributed by atoms with Crippen molar-refractivity contribution >= 4 is 23.6 Å². The van der Waals surface area contributed by atoms with E-state index in [0.717, 1.165) is 6.42 Å². The number of primary amides is 1. The summed E-state index contributed by atoms with van der Waals surface area (Å²) in [6.45, 7) is 11.8. The second kappa shape index (κ2) is 18.4. The standard InChI is InChI=1S/C34H52N4O8/c1-9-14-36-26-23-16-19(3)17-25(45-8)29(39)21(5)18-22(6)32(46-34(35)43)24(44-7)13-11-12-20(4)33(42)38-28(30(23)40)27(31(26)41)37-15-10-2/h11-13,18-19,21,24-25,29,32,36-37,39H,9-10,14-17H2,1-8H3,(H2,35,43)(H,38,42)/t19-,21+,24+,25+,29-,32+/m1/s1. The number of carbonyl (C=O) groups is 4. The Balaban J connectivity index is 2.74. The highest BCUT2D eigenvalue weighted by Crippen LogP contribution is 2.30. The van der Waals surface area contributed by atoms with Gasteiger partial charge in [0.05, 0.1) is 17.9 Å². The first kappa shape index (κ1) is 38.4. The number of rotatable bonds is 9. The molecule has 1 aliphatic heterocycles. The molecule has 0 radical (unpaired) electrons. The van der Waals surface area contributed by atoms with Gasteiger partial charge in [-0.15, -0.1) is 0 Å². The van der Waals surface area contributed by atoms with Crippen LogP contribution < -0.4 is 21.7 Å². The van der Waals surface area contributed by atoms with Gasteiger partial charge in [0.2, 0.25) is 11.6 Å². The third kappa shape index (κ3) is 10.1. The van der Waals surface area contributed by atoms with Crippen LogP contribution in [0, 0.1) is 11.8 Å². The molecule has 2 bridgehead atoms. The normalized spacial score (nSPS) is 27.2. The van der Waals surface area contributed by atoms with Crippen LogP contribution in [0.5, 0.6) is 0 Å². The Bertz CT molecular complexity index is 1280. The van der Waals surface area contributed by atoms with Crippen molar-refractivity contribution in [3.8, 4) is 0 Å². The Kier molecular flexibility index (Phi) is 15.4. The predicted octanol–water partition coefficient (Wildman–Crippen LogP) is 3.09. The third-order valence-electron chi connectivity index (χ3n) is 8.05. The minimum Gasteiger partial charge on any atom is -0.439 e. The molecule has 0 aromatic rings. The fraction of sp³-hybridized carbons (Fsp3) is 0.588. The maximum Gasteiger partial charge on any atom is 0.405 e. The van der Waals surface area contributed by atoms with E-state index in [1.807, 2.05) is 27.7 Å². The molecule has 2 rings (SSSR count). The van der Waals surface area contributed by atoms with Gasteiger partial charge in [-0.3, -0.25) is 14.4 Å². The number of nitrogens with one attached hydrogen (secondary N) is 3. The molecule has 0 spiro atoms. The fourth-order valence-corrected chi connectivity index (χ4v) is 5.52. The van der Waals surface area contributed by atoms with Crippen molar-refractivity contribution in [1.82, 2.24) is 16.0 Å². The number of carbonyl (C=O) groups excluding carboxylic acids is 4. The summed E-state index contributed by atoms with van der Waals surface area (Å²) in [7, 11) is 2.95. The molecule has 12 nitrogen and oxygen atoms in total. The SMILES string of the molecule is CCCNC1=C2C[C@@H](C)C[C@H](OC)[C@H](O)[C@@H](C)C=C(C)[C@H](OC(N)=O)[C@@H](OC)C=CC=C(C)C(=O)NC(=C(NCCC)C1=O)C2=O. The Morgan fingerprint density at radius 2 is 1.65 bits per heavy atom. The number of amides is 2. The zero-order valence-electron chi connectivity index (χ0n) is 28.4. The highest BCUT2D eigenvalue weighted by Gasteiger charge is 2.37. The minimum absolute atomic E-state index is 0.0379. The van der Waals surface area contributed by atoms with Crippen LogP contribution in [0.3, 0.4) is 0 Å². The topological polar surface area (TPSA) is 178 Å². The summed E-state index contributed by atoms with van der Waals surface area (Å²) in [5.74, 6) is -2.07. The van der Waals surface area contributed by atoms with Gasteiger partial charge in [0.25, 0.3) is 5.91 Å². The number of fused-ring (bicyclic) bond motifs is 2. The Labute approximate surface area is 272 Å². The molecule has 1 heterocycles. The zero-order valence-corrected chi connectivity index (χ0v) is 28.4. The minimum atomic E-state index is -0.998. The lowest BCUT2D eigenvalue weighted by molar-refractivity contribution is -0.120. The lowest BCUT2D eigenvalue weighted by Crippen LogP contribution is -2.43. The summed E-state index contributed by atoms with van der Waals surface area (Å²) in [6.07, 6.45) is 4.16. The summed E-state index contributed by atoms with van der Waals surface area (Å²) in [4.78, 5) is 53.2. The average Bonchev–Trinajstić information content (AvgIpc) is 3.01. The quantitative estimate of drug-likeness (QED) is 0.185. The molecule has 6 N–H and O–H groups in total. The van der Waals surface area contributed by atoms with Crippen LogP contribution in [0.1, 0.15) is 67.2 Å². The molecule has 0 saturated heterocycles. The summed E-state index contributed by atoms with van der Waals surface area (Å²) in [6, 6.07) is 0. The number of Topliss-reactive ketones (excluding diaryl/α,β-unsaturated/α-hetero) is 2. The molecule has 0 aromatic heterocycles. The highest BCUT2D eigenvalue weighted by molar-refractivity contribution is 6.25. The molecule has 6 atom stereocenters. The molecule has 2 aliphatic rings. The smallest absolute Gasteiger partial charge is 0.405 e. The average molecular weight is 645 g/mol. The van der Waals surface area contributed by atoms with Crippen molar-refractivity contribution in [1.29, 1.82) is 0 Å². The number of nitrogens with two attached hydrogens (primary N) is 1. The van der Waals surface area contributed by atoms with Crippen molar-refractivity contribution in [3.63, 3.8) is 0 Å². The number of hydrogen-bond acceptors (Lipinski definition) is 10. The number of aliphatic hydroxyl groups is 1. The van der Waals surface area contributed by atoms with E-state index in [1.54, 1.807) is 32.1 Å². The predicted molar refractivity (Wildman–Crippen MR) is 175 cm³/mol. The number of ether oxygens (including phenoxy) is 3. The lowest BCUT2D eigenvalue weighted by Gasteiger charge is -2.30. The molecule has 0 aromatic carbocycles. The van der Waals surface area contributed by atoms with Crippen LogP contribution in [-0.2, 0) is 28.6 Å². The van der Waals surface area contributed by atoms with Gasteiger partial charge >= 0.3 is 6.09 Å². The largest absolute Gasteiger partial charge is 0.439 e. The van der Waals surface area contributed by atoms with Gasteiger partial charge in [0.1, 0.15) is 17.5 Å². The van der Waals surface area contributed by atoms with E-state index in [-0.39, 0.29) is 40.6 Å². The number of ketones is 2. The second-order valence-corrected chi connectivity index (χ2v) is 11.9. The molecule has 0 unspecified atom stereocenters. The van der Waals surface area contributed by atoms with Crippen LogP contribution in [0.25, 0.3) is 0 Å². The van der Waals surface area contributed by atoms with Crippen LogP contribution in [0.2, 0.25) is 0 Å². The molecular weight excluding hydrogens is 592 g/mol. The van der Waals surface area contributed by atoms with Crippen molar-refractivity contribution in [2.45, 2.75) is 91.6 Å². The van der Waals surface area contributed by atoms with E-state index in [4.69, 9.17) is 19.9 Å². The van der Waals surface area contributed by atoms with Gasteiger partial charge in [-0.2, -0.15) is 0 Å². The summed E-state index contributed by atoms with van der Waals surface area (Å²) < 4.78 is 16.7. The monoisotopic (exact) mass is 644 g/mol. The first-order chi connectivity index (χ1) is 21.8. The maximum absolute atomic E-state index is 14.1. The molecule has 2 amide bonds. The molecule has 46 heavy (non-hydrogen) atoms. The first-order valence-electron chi connectivity index (χ1n) is 15.9. The lowest BCUT2D eigenvalue weighted by atomic mass is 9.84. The number of methoxy groups -OCH3 is 2. The Hall–Kier alpha value is -3.74. The van der Waals surface area contributed by atoms with Crippen LogP contribution >= 0.6 is 0 Å². The van der Waals surface area contributed by atoms with E-state index in [9.17, 15) is 24.3 Å². The van der Waals surface area contributed by atoms with Gasteiger partial charge in [-0.05, 0) is 51.0 Å². The molecule has 256 valence electrons. The Morgan fingerprint density at radius 1 is 1.02 bits per heavy atom. The number of aliphatic hydroxyl groups excluding tert-OH is 1. The molecule has 0 saturated carbocycles. The zero-order chi connectivity index (χ0) is 34.6. The van der Waals surface area contributed by atoms with Gasteiger partial charge in [-0.25, -0.2) is 4.79 Å². The van der Waals surface area contributed by atoms with Gasteiger partial charge < -0.3 is 41.0 Å². The molecule has 0 fully saturated rings. The number of hydrogen-bond donors (Lipinski definition) is 5. The van der Waals surface area contributed by atoms with Gasteiger partial charge in [-0.1, -0.05) is 52.0 Å². The first-order valence-corrected chi connectivity index (χ1v) is 15.9. The van der Waals surface area contributed by atoms with Crippen molar-refractivity contribution in [2.75, 3.05) is 27.3 Å². The molecular formula is C34H52N4O8. The van der Waals surface area contributed by atoms with E-state index in [0.29, 0.717) is 31.5 Å². The highest BCUT2D eigenvalue weighted by atomic mass is 16.6. The van der Waals surface area contributed by atoms with E-state index in [2.05, 4.69) is 16.0 Å². The van der Waals surface area contributed by atoms with E-state index >= 15 is 0 Å². The van der Waals surface area contributed by atoms with Gasteiger partial charge in [0, 0.05) is 44.4 Å². The second-order valence-electron chi connectivity index (χ2n) is 11.9. The van der Waals surface area contributed by atoms with Crippen LogP contribution in [0.15, 0.2) is 58.1 Å². The fourth-order valence-electron chi connectivity index (χ4n) is 5.52. The van der Waals surface area contributed by atoms with Crippen molar-refractivity contribution < 1.29 is 38.5 Å². The Morgan fingerprint density at radius 3 is 2.22 bits per heavy atom. The number of allylic oxidation sites excluding steroid dienone is 3. The molecule has 12 heteroatoms. The van der Waals surface area contributed by atoms with Crippen molar-refractivity contribution in [3.05, 3.63) is 58.1 Å².